The molecule has 0 aliphatic rings. The summed E-state index contributed by atoms with van der Waals surface area (Å²) in [5, 5.41) is 23.4. The molecule has 0 heterocycles. The smallest absolute Gasteiger partial charge is 0.305 e. The molecule has 0 fully saturated rings. The van der Waals surface area contributed by atoms with E-state index in [0.717, 1.165) is 44.9 Å². The summed E-state index contributed by atoms with van der Waals surface area (Å²) in [6, 6.07) is -0.543. The SMILES string of the molecule is CCCCCCCC/C=C\CCCCCCCCCCCC(=O)OCCCCCCCCCCCCCCCCCCCCCCCC(=O)NC(CO)C(O)CCCCCCCCCCCCCCCCCCCCCCCC. The van der Waals surface area contributed by atoms with Crippen molar-refractivity contribution in [3.63, 3.8) is 0 Å². The zero-order valence-corrected chi connectivity index (χ0v) is 53.9. The van der Waals surface area contributed by atoms with Gasteiger partial charge >= 0.3 is 5.97 Å². The molecular weight excluding hydrogens is 971 g/mol. The van der Waals surface area contributed by atoms with Crippen molar-refractivity contribution >= 4 is 11.9 Å². The third kappa shape index (κ3) is 65.6. The van der Waals surface area contributed by atoms with E-state index in [0.29, 0.717) is 25.9 Å². The van der Waals surface area contributed by atoms with Crippen LogP contribution in [0.25, 0.3) is 0 Å². The Hall–Kier alpha value is -1.40. The fraction of sp³-hybridized carbons (Fsp3) is 0.945. The van der Waals surface area contributed by atoms with E-state index >= 15 is 0 Å². The number of unbranched alkanes of at least 4 members (excludes halogenated alkanes) is 56. The van der Waals surface area contributed by atoms with E-state index < -0.39 is 12.1 Å². The van der Waals surface area contributed by atoms with E-state index in [4.69, 9.17) is 4.74 Å². The highest BCUT2D eigenvalue weighted by Crippen LogP contribution is 2.19. The molecule has 79 heavy (non-hydrogen) atoms. The Morgan fingerprint density at radius 1 is 0.342 bits per heavy atom. The highest BCUT2D eigenvalue weighted by Gasteiger charge is 2.20. The van der Waals surface area contributed by atoms with Gasteiger partial charge in [-0.25, -0.2) is 0 Å². The molecule has 6 heteroatoms. The second kappa shape index (κ2) is 69.1. The quantitative estimate of drug-likeness (QED) is 0.0320. The third-order valence-corrected chi connectivity index (χ3v) is 17.3. The lowest BCUT2D eigenvalue weighted by atomic mass is 10.0. The Labute approximate surface area is 495 Å². The van der Waals surface area contributed by atoms with E-state index in [1.807, 2.05) is 0 Å². The van der Waals surface area contributed by atoms with Crippen LogP contribution in [-0.4, -0.2) is 47.4 Å². The molecule has 2 atom stereocenters. The molecule has 0 radical (unpaired) electrons. The second-order valence-corrected chi connectivity index (χ2v) is 25.3. The third-order valence-electron chi connectivity index (χ3n) is 17.3. The number of nitrogens with one attached hydrogen (secondary N) is 1. The van der Waals surface area contributed by atoms with Crippen LogP contribution in [0.4, 0.5) is 0 Å². The summed E-state index contributed by atoms with van der Waals surface area (Å²) in [7, 11) is 0. The van der Waals surface area contributed by atoms with Crippen molar-refractivity contribution in [2.75, 3.05) is 13.2 Å². The van der Waals surface area contributed by atoms with Crippen LogP contribution in [0.3, 0.4) is 0 Å². The first-order valence-electron chi connectivity index (χ1n) is 36.4. The summed E-state index contributed by atoms with van der Waals surface area (Å²) in [5.41, 5.74) is 0. The highest BCUT2D eigenvalue weighted by molar-refractivity contribution is 5.76. The molecule has 2 unspecified atom stereocenters. The lowest BCUT2D eigenvalue weighted by Gasteiger charge is -2.22. The average molecular weight is 1110 g/mol. The molecule has 0 rings (SSSR count). The number of aliphatic hydroxyl groups excluding tert-OH is 2. The Balaban J connectivity index is 3.37. The molecule has 0 saturated carbocycles. The monoisotopic (exact) mass is 1110 g/mol. The van der Waals surface area contributed by atoms with E-state index in [2.05, 4.69) is 31.3 Å². The van der Waals surface area contributed by atoms with E-state index in [-0.39, 0.29) is 18.5 Å². The normalized spacial score (nSPS) is 12.5. The first-order chi connectivity index (χ1) is 39.0. The molecule has 0 spiro atoms. The fourth-order valence-electron chi connectivity index (χ4n) is 11.8. The molecule has 470 valence electrons. The van der Waals surface area contributed by atoms with Crippen LogP contribution in [0.1, 0.15) is 418 Å². The molecule has 3 N–H and O–H groups in total. The maximum Gasteiger partial charge on any atom is 0.305 e. The van der Waals surface area contributed by atoms with Crippen molar-refractivity contribution in [2.45, 2.75) is 431 Å². The summed E-state index contributed by atoms with van der Waals surface area (Å²) < 4.78 is 5.51. The van der Waals surface area contributed by atoms with Crippen molar-refractivity contribution in [2.24, 2.45) is 0 Å². The first kappa shape index (κ1) is 77.6. The molecular formula is C73H143NO5. The molecule has 0 bridgehead atoms. The summed E-state index contributed by atoms with van der Waals surface area (Å²) >= 11 is 0. The molecule has 0 aliphatic heterocycles. The number of hydrogen-bond donors (Lipinski definition) is 3. The summed E-state index contributed by atoms with van der Waals surface area (Å²) in [6.07, 6.45) is 85.4. The number of amides is 1. The number of allylic oxidation sites excluding steroid dienone is 2. The number of ether oxygens (including phenoxy) is 1. The van der Waals surface area contributed by atoms with Crippen molar-refractivity contribution in [3.05, 3.63) is 12.2 Å². The maximum absolute atomic E-state index is 12.6. The van der Waals surface area contributed by atoms with Gasteiger partial charge in [0.05, 0.1) is 25.4 Å². The van der Waals surface area contributed by atoms with Gasteiger partial charge < -0.3 is 20.3 Å². The lowest BCUT2D eigenvalue weighted by Crippen LogP contribution is -2.45. The predicted octanol–water partition coefficient (Wildman–Crippen LogP) is 23.5. The van der Waals surface area contributed by atoms with Gasteiger partial charge in [-0.2, -0.15) is 0 Å². The zero-order chi connectivity index (χ0) is 57.1. The molecule has 0 saturated heterocycles. The van der Waals surface area contributed by atoms with E-state index in [1.54, 1.807) is 0 Å². The molecule has 1 amide bonds. The Morgan fingerprint density at radius 2 is 0.595 bits per heavy atom. The Morgan fingerprint density at radius 3 is 0.899 bits per heavy atom. The van der Waals surface area contributed by atoms with Gasteiger partial charge in [0.1, 0.15) is 0 Å². The maximum atomic E-state index is 12.6. The average Bonchev–Trinajstić information content (AvgIpc) is 3.45. The molecule has 0 aromatic heterocycles. The Bertz CT molecular complexity index is 1190. The van der Waals surface area contributed by atoms with Gasteiger partial charge in [0.25, 0.3) is 0 Å². The van der Waals surface area contributed by atoms with Crippen LogP contribution in [0.2, 0.25) is 0 Å². The minimum Gasteiger partial charge on any atom is -0.466 e. The minimum atomic E-state index is -0.666. The highest BCUT2D eigenvalue weighted by atomic mass is 16.5. The molecule has 0 aromatic carbocycles. The van der Waals surface area contributed by atoms with Gasteiger partial charge in [0, 0.05) is 12.8 Å². The number of rotatable bonds is 69. The van der Waals surface area contributed by atoms with Crippen molar-refractivity contribution in [1.82, 2.24) is 5.32 Å². The number of esters is 1. The van der Waals surface area contributed by atoms with E-state index in [1.165, 1.54) is 340 Å². The van der Waals surface area contributed by atoms with Crippen LogP contribution in [-0.2, 0) is 14.3 Å². The van der Waals surface area contributed by atoms with Gasteiger partial charge in [-0.15, -0.1) is 0 Å². The minimum absolute atomic E-state index is 0.0131. The molecule has 0 aromatic rings. The van der Waals surface area contributed by atoms with Gasteiger partial charge in [0.15, 0.2) is 0 Å². The molecule has 0 aliphatic carbocycles. The number of hydrogen-bond acceptors (Lipinski definition) is 5. The van der Waals surface area contributed by atoms with Crippen LogP contribution in [0, 0.1) is 0 Å². The number of aliphatic hydroxyl groups is 2. The summed E-state index contributed by atoms with van der Waals surface area (Å²) in [4.78, 5) is 24.7. The van der Waals surface area contributed by atoms with Crippen molar-refractivity contribution in [3.8, 4) is 0 Å². The van der Waals surface area contributed by atoms with Gasteiger partial charge in [-0.1, -0.05) is 366 Å². The Kier molecular flexibility index (Phi) is 67.9. The van der Waals surface area contributed by atoms with Gasteiger partial charge in [-0.05, 0) is 51.4 Å². The van der Waals surface area contributed by atoms with Gasteiger partial charge in [0.2, 0.25) is 5.91 Å². The summed E-state index contributed by atoms with van der Waals surface area (Å²) in [5.74, 6) is -0.0175. The first-order valence-corrected chi connectivity index (χ1v) is 36.4. The largest absolute Gasteiger partial charge is 0.466 e. The fourth-order valence-corrected chi connectivity index (χ4v) is 11.8. The predicted molar refractivity (Wildman–Crippen MR) is 347 cm³/mol. The van der Waals surface area contributed by atoms with Crippen LogP contribution in [0.15, 0.2) is 12.2 Å². The van der Waals surface area contributed by atoms with Crippen molar-refractivity contribution in [1.29, 1.82) is 0 Å². The number of carbonyl (C=O) groups is 2. The van der Waals surface area contributed by atoms with Gasteiger partial charge in [-0.3, -0.25) is 9.59 Å². The summed E-state index contributed by atoms with van der Waals surface area (Å²) in [6.45, 7) is 4.99. The standard InChI is InChI=1S/C73H143NO5/c1-3-5-7-9-11-13-15-17-19-21-23-24-26-30-33-37-41-45-49-53-57-61-65-71(76)70(69-75)74-72(77)66-62-58-54-50-46-42-38-34-31-27-25-28-32-36-40-44-48-52-56-60-64-68-79-73(78)67-63-59-55-51-47-43-39-35-29-22-20-18-16-14-12-10-8-6-4-2/h18,20,70-71,75-76H,3-17,19,21-69H2,1-2H3,(H,74,77)/b20-18-. The van der Waals surface area contributed by atoms with Crippen molar-refractivity contribution < 1.29 is 24.5 Å². The lowest BCUT2D eigenvalue weighted by molar-refractivity contribution is -0.143. The van der Waals surface area contributed by atoms with Crippen LogP contribution < -0.4 is 5.32 Å². The van der Waals surface area contributed by atoms with Crippen LogP contribution >= 0.6 is 0 Å². The second-order valence-electron chi connectivity index (χ2n) is 25.3. The van der Waals surface area contributed by atoms with Crippen LogP contribution in [0.5, 0.6) is 0 Å². The topological polar surface area (TPSA) is 95.9 Å². The van der Waals surface area contributed by atoms with E-state index in [9.17, 15) is 19.8 Å². The zero-order valence-electron chi connectivity index (χ0n) is 53.9. The number of carbonyl (C=O) groups excluding carboxylic acids is 2. The molecule has 6 nitrogen and oxygen atoms in total.